The molecule has 2 aromatic carbocycles. The van der Waals surface area contributed by atoms with Crippen LogP contribution in [0.3, 0.4) is 0 Å². The third-order valence-corrected chi connectivity index (χ3v) is 6.09. The van der Waals surface area contributed by atoms with Gasteiger partial charge in [-0.25, -0.2) is 8.42 Å². The smallest absolute Gasteiger partial charge is 0.262 e. The summed E-state index contributed by atoms with van der Waals surface area (Å²) in [6, 6.07) is 13.0. The van der Waals surface area contributed by atoms with Crippen molar-refractivity contribution in [2.75, 3.05) is 4.72 Å². The van der Waals surface area contributed by atoms with Gasteiger partial charge in [-0.2, -0.15) is 0 Å². The molecule has 2 aromatic rings. The van der Waals surface area contributed by atoms with E-state index in [0.717, 1.165) is 41.6 Å². The number of para-hydroxylation sites is 1. The Morgan fingerprint density at radius 2 is 1.75 bits per heavy atom. The molecule has 24 heavy (non-hydrogen) atoms. The predicted octanol–water partition coefficient (Wildman–Crippen LogP) is 4.93. The van der Waals surface area contributed by atoms with E-state index in [4.69, 9.17) is 0 Å². The van der Waals surface area contributed by atoms with Crippen LogP contribution in [0.5, 0.6) is 0 Å². The zero-order valence-corrected chi connectivity index (χ0v) is 14.9. The molecule has 0 saturated heterocycles. The summed E-state index contributed by atoms with van der Waals surface area (Å²) in [5, 5.41) is 0. The molecular formula is C20H23NO2S. The second-order valence-corrected chi connectivity index (χ2v) is 8.03. The van der Waals surface area contributed by atoms with Crippen molar-refractivity contribution in [3.05, 3.63) is 71.3 Å². The first-order chi connectivity index (χ1) is 11.5. The van der Waals surface area contributed by atoms with Crippen LogP contribution in [0, 0.1) is 13.8 Å². The molecule has 1 unspecified atom stereocenters. The summed E-state index contributed by atoms with van der Waals surface area (Å²) in [5.41, 5.74) is 3.47. The number of aryl methyl sites for hydroxylation is 2. The Morgan fingerprint density at radius 3 is 2.46 bits per heavy atom. The molecule has 1 aliphatic carbocycles. The third-order valence-electron chi connectivity index (χ3n) is 4.58. The highest BCUT2D eigenvalue weighted by Crippen LogP contribution is 2.35. The first-order valence-corrected chi connectivity index (χ1v) is 9.82. The Hall–Kier alpha value is -2.07. The minimum absolute atomic E-state index is 0.272. The monoisotopic (exact) mass is 341 g/mol. The molecule has 1 aliphatic rings. The fraction of sp³-hybridized carbons (Fsp3) is 0.300. The van der Waals surface area contributed by atoms with Crippen LogP contribution >= 0.6 is 0 Å². The number of anilines is 1. The van der Waals surface area contributed by atoms with Gasteiger partial charge in [0.2, 0.25) is 0 Å². The minimum atomic E-state index is -3.60. The molecule has 1 N–H and O–H groups in total. The Balaban J connectivity index is 2.02. The van der Waals surface area contributed by atoms with Crippen molar-refractivity contribution in [1.82, 2.24) is 0 Å². The quantitative estimate of drug-likeness (QED) is 0.802. The predicted molar refractivity (Wildman–Crippen MR) is 98.9 cm³/mol. The van der Waals surface area contributed by atoms with Gasteiger partial charge in [-0.05, 0) is 55.9 Å². The third kappa shape index (κ3) is 3.39. The van der Waals surface area contributed by atoms with E-state index < -0.39 is 10.0 Å². The maximum absolute atomic E-state index is 12.9. The van der Waals surface area contributed by atoms with Gasteiger partial charge < -0.3 is 0 Å². The summed E-state index contributed by atoms with van der Waals surface area (Å²) in [6.07, 6.45) is 7.69. The molecule has 0 radical (unpaired) electrons. The molecule has 126 valence electrons. The summed E-state index contributed by atoms with van der Waals surface area (Å²) in [7, 11) is -3.60. The van der Waals surface area contributed by atoms with Crippen LogP contribution in [-0.2, 0) is 10.0 Å². The fourth-order valence-corrected chi connectivity index (χ4v) is 4.66. The molecule has 0 amide bonds. The van der Waals surface area contributed by atoms with E-state index in [1.54, 1.807) is 12.1 Å². The normalized spacial score (nSPS) is 17.7. The first kappa shape index (κ1) is 16.8. The highest BCUT2D eigenvalue weighted by molar-refractivity contribution is 7.92. The van der Waals surface area contributed by atoms with Crippen LogP contribution in [0.1, 0.15) is 41.9 Å². The SMILES string of the molecule is Cc1ccccc1S(=O)(=O)Nc1c(C)cccc1C1C=CCCC1. The van der Waals surface area contributed by atoms with Crippen LogP contribution in [0.15, 0.2) is 59.5 Å². The second-order valence-electron chi connectivity index (χ2n) is 6.38. The van der Waals surface area contributed by atoms with Gasteiger partial charge in [-0.15, -0.1) is 0 Å². The van der Waals surface area contributed by atoms with Crippen molar-refractivity contribution in [3.8, 4) is 0 Å². The maximum Gasteiger partial charge on any atom is 0.262 e. The van der Waals surface area contributed by atoms with Gasteiger partial charge in [0, 0.05) is 5.92 Å². The molecule has 0 saturated carbocycles. The Kier molecular flexibility index (Phi) is 4.76. The lowest BCUT2D eigenvalue weighted by atomic mass is 9.87. The largest absolute Gasteiger partial charge is 0.279 e. The zero-order chi connectivity index (χ0) is 17.2. The molecule has 3 nitrogen and oxygen atoms in total. The molecule has 3 rings (SSSR count). The van der Waals surface area contributed by atoms with Gasteiger partial charge in [0.15, 0.2) is 0 Å². The number of benzene rings is 2. The Labute approximate surface area is 144 Å². The average Bonchev–Trinajstić information content (AvgIpc) is 2.57. The molecule has 0 spiro atoms. The van der Waals surface area contributed by atoms with E-state index in [9.17, 15) is 8.42 Å². The van der Waals surface area contributed by atoms with Crippen LogP contribution in [0.25, 0.3) is 0 Å². The minimum Gasteiger partial charge on any atom is -0.279 e. The van der Waals surface area contributed by atoms with Crippen molar-refractivity contribution in [2.45, 2.75) is 43.9 Å². The van der Waals surface area contributed by atoms with E-state index in [0.29, 0.717) is 4.90 Å². The molecule has 0 aromatic heterocycles. The van der Waals surface area contributed by atoms with Crippen LogP contribution in [0.4, 0.5) is 5.69 Å². The van der Waals surface area contributed by atoms with Crippen molar-refractivity contribution in [2.24, 2.45) is 0 Å². The Bertz CT molecular complexity index is 869. The molecule has 1 atom stereocenters. The lowest BCUT2D eigenvalue weighted by Crippen LogP contribution is -2.17. The van der Waals surface area contributed by atoms with Crippen LogP contribution in [0.2, 0.25) is 0 Å². The van der Waals surface area contributed by atoms with E-state index in [2.05, 4.69) is 16.9 Å². The number of sulfonamides is 1. The van der Waals surface area contributed by atoms with Gasteiger partial charge in [-0.1, -0.05) is 48.6 Å². The molecule has 0 fully saturated rings. The van der Waals surface area contributed by atoms with Gasteiger partial charge in [0.05, 0.1) is 10.6 Å². The number of rotatable bonds is 4. The summed E-state index contributed by atoms with van der Waals surface area (Å²) in [4.78, 5) is 0.332. The lowest BCUT2D eigenvalue weighted by molar-refractivity contribution is 0.600. The lowest BCUT2D eigenvalue weighted by Gasteiger charge is -2.22. The Morgan fingerprint density at radius 1 is 1.00 bits per heavy atom. The van der Waals surface area contributed by atoms with Crippen LogP contribution < -0.4 is 4.72 Å². The summed E-state index contributed by atoms with van der Waals surface area (Å²) < 4.78 is 28.6. The van der Waals surface area contributed by atoms with Crippen molar-refractivity contribution in [1.29, 1.82) is 0 Å². The highest BCUT2D eigenvalue weighted by atomic mass is 32.2. The summed E-state index contributed by atoms with van der Waals surface area (Å²) in [5.74, 6) is 0.272. The topological polar surface area (TPSA) is 46.2 Å². The number of hydrogen-bond acceptors (Lipinski definition) is 2. The standard InChI is InChI=1S/C20H23NO2S/c1-15-9-6-7-14-19(15)24(22,23)21-20-16(2)10-8-13-18(20)17-11-4-3-5-12-17/h4,6-11,13-14,17,21H,3,5,12H2,1-2H3. The van der Waals surface area contributed by atoms with Gasteiger partial charge >= 0.3 is 0 Å². The van der Waals surface area contributed by atoms with E-state index in [1.807, 2.05) is 44.2 Å². The maximum atomic E-state index is 12.9. The van der Waals surface area contributed by atoms with Crippen LogP contribution in [-0.4, -0.2) is 8.42 Å². The first-order valence-electron chi connectivity index (χ1n) is 8.33. The van der Waals surface area contributed by atoms with Crippen molar-refractivity contribution in [3.63, 3.8) is 0 Å². The molecule has 0 heterocycles. The molecule has 4 heteroatoms. The van der Waals surface area contributed by atoms with Crippen molar-refractivity contribution >= 4 is 15.7 Å². The van der Waals surface area contributed by atoms with Gasteiger partial charge in [0.1, 0.15) is 0 Å². The van der Waals surface area contributed by atoms with E-state index >= 15 is 0 Å². The van der Waals surface area contributed by atoms with Gasteiger partial charge in [0.25, 0.3) is 10.0 Å². The number of hydrogen-bond donors (Lipinski definition) is 1. The number of nitrogens with one attached hydrogen (secondary N) is 1. The van der Waals surface area contributed by atoms with E-state index in [-0.39, 0.29) is 5.92 Å². The molecular weight excluding hydrogens is 318 g/mol. The summed E-state index contributed by atoms with van der Waals surface area (Å²) >= 11 is 0. The van der Waals surface area contributed by atoms with E-state index in [1.165, 1.54) is 0 Å². The molecule has 0 bridgehead atoms. The molecule has 0 aliphatic heterocycles. The summed E-state index contributed by atoms with van der Waals surface area (Å²) in [6.45, 7) is 3.77. The fourth-order valence-electron chi connectivity index (χ4n) is 3.26. The number of allylic oxidation sites excluding steroid dienone is 2. The van der Waals surface area contributed by atoms with Gasteiger partial charge in [-0.3, -0.25) is 4.72 Å². The average molecular weight is 341 g/mol. The van der Waals surface area contributed by atoms with Crippen molar-refractivity contribution < 1.29 is 8.42 Å². The zero-order valence-electron chi connectivity index (χ0n) is 14.1. The second kappa shape index (κ2) is 6.81. The highest BCUT2D eigenvalue weighted by Gasteiger charge is 2.22.